The molecular formula is C14H21NO4S. The van der Waals surface area contributed by atoms with Gasteiger partial charge >= 0.3 is 0 Å². The highest BCUT2D eigenvalue weighted by Crippen LogP contribution is 2.28. The molecule has 0 amide bonds. The number of methoxy groups -OCH3 is 1. The Balaban J connectivity index is 2.14. The maximum atomic E-state index is 11.5. The van der Waals surface area contributed by atoms with Crippen molar-refractivity contribution in [1.29, 1.82) is 0 Å². The van der Waals surface area contributed by atoms with Gasteiger partial charge in [0.25, 0.3) is 0 Å². The van der Waals surface area contributed by atoms with E-state index in [2.05, 4.69) is 4.98 Å². The second kappa shape index (κ2) is 5.69. The summed E-state index contributed by atoms with van der Waals surface area (Å²) in [5, 5.41) is 10.2. The first-order valence-electron chi connectivity index (χ1n) is 6.71. The third-order valence-electron chi connectivity index (χ3n) is 3.96. The third-order valence-corrected chi connectivity index (χ3v) is 5.76. The predicted molar refractivity (Wildman–Crippen MR) is 76.7 cm³/mol. The Hall–Kier alpha value is -1.14. The smallest absolute Gasteiger partial charge is 0.150 e. The van der Waals surface area contributed by atoms with Crippen LogP contribution in [0.1, 0.15) is 23.2 Å². The number of aromatic nitrogens is 1. The van der Waals surface area contributed by atoms with Gasteiger partial charge in [-0.2, -0.15) is 0 Å². The summed E-state index contributed by atoms with van der Waals surface area (Å²) in [6, 6.07) is 0. The molecule has 1 aliphatic heterocycles. The highest BCUT2D eigenvalue weighted by molar-refractivity contribution is 7.91. The standard InChI is InChI=1S/C14H21NO4S/c1-9-7-15-12(10(2)14(9)19-3)6-13(16)11-4-5-20(17,18)8-11/h7,11,13,16H,4-6,8H2,1-3H3. The Labute approximate surface area is 119 Å². The molecule has 1 fully saturated rings. The molecule has 6 heteroatoms. The zero-order chi connectivity index (χ0) is 14.9. The lowest BCUT2D eigenvalue weighted by Gasteiger charge is -2.18. The van der Waals surface area contributed by atoms with Crippen molar-refractivity contribution < 1.29 is 18.3 Å². The van der Waals surface area contributed by atoms with Crippen molar-refractivity contribution in [2.75, 3.05) is 18.6 Å². The molecule has 2 unspecified atom stereocenters. The van der Waals surface area contributed by atoms with Crippen molar-refractivity contribution in [2.45, 2.75) is 32.8 Å². The molecule has 0 aromatic carbocycles. The van der Waals surface area contributed by atoms with E-state index in [9.17, 15) is 13.5 Å². The van der Waals surface area contributed by atoms with Crippen LogP contribution in [0.2, 0.25) is 0 Å². The van der Waals surface area contributed by atoms with Gasteiger partial charge in [0.1, 0.15) is 5.75 Å². The molecule has 1 saturated heterocycles. The summed E-state index contributed by atoms with van der Waals surface area (Å²) < 4.78 is 28.3. The quantitative estimate of drug-likeness (QED) is 0.899. The van der Waals surface area contributed by atoms with Crippen molar-refractivity contribution in [1.82, 2.24) is 4.98 Å². The fraction of sp³-hybridized carbons (Fsp3) is 0.643. The molecule has 2 atom stereocenters. The first kappa shape index (κ1) is 15.3. The second-order valence-electron chi connectivity index (χ2n) is 5.48. The van der Waals surface area contributed by atoms with E-state index in [1.165, 1.54) is 0 Å². The molecule has 1 aromatic heterocycles. The van der Waals surface area contributed by atoms with Crippen LogP contribution in [-0.4, -0.2) is 43.2 Å². The summed E-state index contributed by atoms with van der Waals surface area (Å²) in [6.45, 7) is 3.83. The van der Waals surface area contributed by atoms with Crippen molar-refractivity contribution >= 4 is 9.84 Å². The van der Waals surface area contributed by atoms with E-state index in [4.69, 9.17) is 4.74 Å². The lowest BCUT2D eigenvalue weighted by Crippen LogP contribution is -2.25. The minimum Gasteiger partial charge on any atom is -0.496 e. The van der Waals surface area contributed by atoms with Gasteiger partial charge < -0.3 is 9.84 Å². The van der Waals surface area contributed by atoms with E-state index in [0.29, 0.717) is 12.8 Å². The highest BCUT2D eigenvalue weighted by Gasteiger charge is 2.33. The molecule has 2 rings (SSSR count). The fourth-order valence-electron chi connectivity index (χ4n) is 2.77. The van der Waals surface area contributed by atoms with Crippen LogP contribution < -0.4 is 4.74 Å². The summed E-state index contributed by atoms with van der Waals surface area (Å²) in [4.78, 5) is 4.34. The van der Waals surface area contributed by atoms with Crippen LogP contribution >= 0.6 is 0 Å². The van der Waals surface area contributed by atoms with Crippen molar-refractivity contribution in [3.8, 4) is 5.75 Å². The average Bonchev–Trinajstić information content (AvgIpc) is 2.74. The van der Waals surface area contributed by atoms with Gasteiger partial charge in [-0.3, -0.25) is 4.98 Å². The number of sulfone groups is 1. The maximum absolute atomic E-state index is 11.5. The predicted octanol–water partition coefficient (Wildman–Crippen LogP) is 1.05. The molecule has 0 bridgehead atoms. The zero-order valence-corrected chi connectivity index (χ0v) is 12.9. The molecule has 1 aromatic rings. The Bertz CT molecular complexity index is 597. The lowest BCUT2D eigenvalue weighted by molar-refractivity contribution is 0.119. The molecule has 0 saturated carbocycles. The van der Waals surface area contributed by atoms with Gasteiger partial charge in [-0.25, -0.2) is 8.42 Å². The Morgan fingerprint density at radius 3 is 2.75 bits per heavy atom. The van der Waals surface area contributed by atoms with Gasteiger partial charge in [-0.1, -0.05) is 0 Å². The van der Waals surface area contributed by atoms with E-state index < -0.39 is 15.9 Å². The van der Waals surface area contributed by atoms with Crippen molar-refractivity contribution in [3.63, 3.8) is 0 Å². The lowest BCUT2D eigenvalue weighted by atomic mass is 9.96. The number of aliphatic hydroxyl groups excluding tert-OH is 1. The monoisotopic (exact) mass is 299 g/mol. The van der Waals surface area contributed by atoms with Crippen LogP contribution in [0.15, 0.2) is 6.20 Å². The minimum atomic E-state index is -2.97. The molecular weight excluding hydrogens is 278 g/mol. The first-order valence-corrected chi connectivity index (χ1v) is 8.53. The maximum Gasteiger partial charge on any atom is 0.150 e. The SMILES string of the molecule is COc1c(C)cnc(CC(O)C2CCS(=O)(=O)C2)c1C. The largest absolute Gasteiger partial charge is 0.496 e. The van der Waals surface area contributed by atoms with E-state index in [1.807, 2.05) is 13.8 Å². The normalized spacial score (nSPS) is 22.7. The van der Waals surface area contributed by atoms with Gasteiger partial charge in [-0.15, -0.1) is 0 Å². The van der Waals surface area contributed by atoms with Gasteiger partial charge in [0.15, 0.2) is 9.84 Å². The summed E-state index contributed by atoms with van der Waals surface area (Å²) in [5.74, 6) is 0.851. The summed E-state index contributed by atoms with van der Waals surface area (Å²) in [6.07, 6.45) is 1.94. The van der Waals surface area contributed by atoms with Crippen LogP contribution in [0.3, 0.4) is 0 Å². The number of hydrogen-bond donors (Lipinski definition) is 1. The van der Waals surface area contributed by atoms with E-state index in [-0.39, 0.29) is 17.4 Å². The van der Waals surface area contributed by atoms with Gasteiger partial charge in [0.2, 0.25) is 0 Å². The van der Waals surface area contributed by atoms with Crippen LogP contribution in [0, 0.1) is 19.8 Å². The Kier molecular flexibility index (Phi) is 4.34. The van der Waals surface area contributed by atoms with E-state index in [0.717, 1.165) is 22.6 Å². The number of hydrogen-bond acceptors (Lipinski definition) is 5. The topological polar surface area (TPSA) is 76.5 Å². The van der Waals surface area contributed by atoms with E-state index in [1.54, 1.807) is 13.3 Å². The van der Waals surface area contributed by atoms with Crippen LogP contribution in [0.25, 0.3) is 0 Å². The number of pyridine rings is 1. The number of aryl methyl sites for hydroxylation is 1. The average molecular weight is 299 g/mol. The molecule has 2 heterocycles. The molecule has 20 heavy (non-hydrogen) atoms. The molecule has 0 spiro atoms. The second-order valence-corrected chi connectivity index (χ2v) is 7.71. The van der Waals surface area contributed by atoms with Gasteiger partial charge in [0, 0.05) is 35.4 Å². The van der Waals surface area contributed by atoms with Crippen LogP contribution in [0.5, 0.6) is 5.75 Å². The Morgan fingerprint density at radius 2 is 2.20 bits per heavy atom. The molecule has 0 radical (unpaired) electrons. The molecule has 1 aliphatic rings. The number of nitrogens with zero attached hydrogens (tertiary/aromatic N) is 1. The fourth-order valence-corrected chi connectivity index (χ4v) is 4.64. The molecule has 0 aliphatic carbocycles. The molecule has 1 N–H and O–H groups in total. The molecule has 112 valence electrons. The minimum absolute atomic E-state index is 0.0796. The van der Waals surface area contributed by atoms with Crippen LogP contribution in [0.4, 0.5) is 0 Å². The summed E-state index contributed by atoms with van der Waals surface area (Å²) >= 11 is 0. The van der Waals surface area contributed by atoms with Crippen molar-refractivity contribution in [2.24, 2.45) is 5.92 Å². The molecule has 5 nitrogen and oxygen atoms in total. The van der Waals surface area contributed by atoms with E-state index >= 15 is 0 Å². The first-order chi connectivity index (χ1) is 9.34. The third kappa shape index (κ3) is 3.12. The Morgan fingerprint density at radius 1 is 1.50 bits per heavy atom. The van der Waals surface area contributed by atoms with Gasteiger partial charge in [0.05, 0.1) is 24.7 Å². The zero-order valence-electron chi connectivity index (χ0n) is 12.1. The number of aliphatic hydroxyl groups is 1. The van der Waals surface area contributed by atoms with Crippen molar-refractivity contribution in [3.05, 3.63) is 23.0 Å². The number of rotatable bonds is 4. The number of ether oxygens (including phenoxy) is 1. The summed E-state index contributed by atoms with van der Waals surface area (Å²) in [5.41, 5.74) is 2.63. The summed E-state index contributed by atoms with van der Waals surface area (Å²) in [7, 11) is -1.36. The van der Waals surface area contributed by atoms with Crippen LogP contribution in [-0.2, 0) is 16.3 Å². The highest BCUT2D eigenvalue weighted by atomic mass is 32.2. The van der Waals surface area contributed by atoms with Gasteiger partial charge in [-0.05, 0) is 20.3 Å².